The first kappa shape index (κ1) is 11.2. The Hall–Kier alpha value is -0.870. The van der Waals surface area contributed by atoms with E-state index in [-0.39, 0.29) is 6.42 Å². The summed E-state index contributed by atoms with van der Waals surface area (Å²) in [4.78, 5) is 10.6. The summed E-state index contributed by atoms with van der Waals surface area (Å²) in [5.74, 6) is -1.21. The second-order valence-electron chi connectivity index (χ2n) is 3.39. The van der Waals surface area contributed by atoms with Gasteiger partial charge in [-0.25, -0.2) is 4.79 Å². The fourth-order valence-corrected chi connectivity index (χ4v) is 1.57. The first-order valence-corrected chi connectivity index (χ1v) is 4.91. The second-order valence-corrected chi connectivity index (χ2v) is 4.30. The Balaban J connectivity index is 2.83. The van der Waals surface area contributed by atoms with Crippen LogP contribution in [0.4, 0.5) is 0 Å². The molecule has 14 heavy (non-hydrogen) atoms. The maximum atomic E-state index is 10.6. The van der Waals surface area contributed by atoms with Gasteiger partial charge in [-0.2, -0.15) is 0 Å². The maximum absolute atomic E-state index is 10.6. The van der Waals surface area contributed by atoms with Crippen LogP contribution in [-0.4, -0.2) is 21.8 Å². The largest absolute Gasteiger partial charge is 0.479 e. The number of halogens is 1. The molecule has 0 saturated heterocycles. The normalized spacial score (nSPS) is 14.8. The van der Waals surface area contributed by atoms with Crippen LogP contribution in [0, 0.1) is 0 Å². The van der Waals surface area contributed by atoms with E-state index in [1.165, 1.54) is 6.92 Å². The molecule has 0 bridgehead atoms. The van der Waals surface area contributed by atoms with Crippen molar-refractivity contribution in [3.05, 3.63) is 34.3 Å². The van der Waals surface area contributed by atoms with Crippen molar-refractivity contribution in [1.82, 2.24) is 0 Å². The summed E-state index contributed by atoms with van der Waals surface area (Å²) in [5, 5.41) is 18.2. The molecule has 2 N–H and O–H groups in total. The molecule has 1 rings (SSSR count). The molecule has 0 aliphatic rings. The molecule has 1 atom stereocenters. The van der Waals surface area contributed by atoms with E-state index in [9.17, 15) is 9.90 Å². The van der Waals surface area contributed by atoms with Crippen LogP contribution < -0.4 is 0 Å². The highest BCUT2D eigenvalue weighted by Crippen LogP contribution is 2.17. The van der Waals surface area contributed by atoms with Gasteiger partial charge in [-0.1, -0.05) is 28.1 Å². The van der Waals surface area contributed by atoms with Gasteiger partial charge in [0.25, 0.3) is 0 Å². The van der Waals surface area contributed by atoms with Crippen molar-refractivity contribution in [2.24, 2.45) is 0 Å². The van der Waals surface area contributed by atoms with E-state index < -0.39 is 11.6 Å². The number of benzene rings is 1. The van der Waals surface area contributed by atoms with E-state index in [0.29, 0.717) is 0 Å². The van der Waals surface area contributed by atoms with Crippen LogP contribution in [-0.2, 0) is 11.2 Å². The Kier molecular flexibility index (Phi) is 3.29. The Bertz CT molecular complexity index is 347. The van der Waals surface area contributed by atoms with Gasteiger partial charge in [0.2, 0.25) is 0 Å². The SMILES string of the molecule is C[C@@](O)(Cc1cccc(Br)c1)C(=O)O. The lowest BCUT2D eigenvalue weighted by Crippen LogP contribution is -2.37. The van der Waals surface area contributed by atoms with Crippen LogP contribution in [0.15, 0.2) is 28.7 Å². The number of hydrogen-bond donors (Lipinski definition) is 2. The summed E-state index contributed by atoms with van der Waals surface area (Å²) in [7, 11) is 0. The molecule has 76 valence electrons. The lowest BCUT2D eigenvalue weighted by molar-refractivity contribution is -0.156. The van der Waals surface area contributed by atoms with E-state index in [2.05, 4.69) is 15.9 Å². The number of carbonyl (C=O) groups is 1. The molecule has 0 unspecified atom stereocenters. The molecule has 3 nitrogen and oxygen atoms in total. The van der Waals surface area contributed by atoms with E-state index >= 15 is 0 Å². The highest BCUT2D eigenvalue weighted by atomic mass is 79.9. The Labute approximate surface area is 90.5 Å². The first-order chi connectivity index (χ1) is 6.42. The molecule has 0 aliphatic heterocycles. The monoisotopic (exact) mass is 258 g/mol. The number of hydrogen-bond acceptors (Lipinski definition) is 2. The summed E-state index contributed by atoms with van der Waals surface area (Å²) in [6, 6.07) is 7.22. The van der Waals surface area contributed by atoms with E-state index in [0.717, 1.165) is 10.0 Å². The van der Waals surface area contributed by atoms with Gasteiger partial charge < -0.3 is 10.2 Å². The fourth-order valence-electron chi connectivity index (χ4n) is 1.12. The van der Waals surface area contributed by atoms with Gasteiger partial charge in [-0.3, -0.25) is 0 Å². The van der Waals surface area contributed by atoms with Crippen LogP contribution in [0.5, 0.6) is 0 Å². The van der Waals surface area contributed by atoms with Crippen molar-refractivity contribution in [3.8, 4) is 0 Å². The highest BCUT2D eigenvalue weighted by molar-refractivity contribution is 9.10. The van der Waals surface area contributed by atoms with Crippen LogP contribution >= 0.6 is 15.9 Å². The summed E-state index contributed by atoms with van der Waals surface area (Å²) in [6.07, 6.45) is 0.0990. The first-order valence-electron chi connectivity index (χ1n) is 4.12. The lowest BCUT2D eigenvalue weighted by Gasteiger charge is -2.17. The van der Waals surface area contributed by atoms with Crippen molar-refractivity contribution in [1.29, 1.82) is 0 Å². The van der Waals surface area contributed by atoms with Gasteiger partial charge in [0, 0.05) is 10.9 Å². The van der Waals surface area contributed by atoms with Gasteiger partial charge >= 0.3 is 5.97 Å². The summed E-state index contributed by atoms with van der Waals surface area (Å²) >= 11 is 3.28. The van der Waals surface area contributed by atoms with Crippen molar-refractivity contribution in [3.63, 3.8) is 0 Å². The van der Waals surface area contributed by atoms with Crippen molar-refractivity contribution >= 4 is 21.9 Å². The zero-order valence-electron chi connectivity index (χ0n) is 7.70. The Morgan fingerprint density at radius 1 is 1.57 bits per heavy atom. The average Bonchev–Trinajstić information content (AvgIpc) is 2.02. The zero-order chi connectivity index (χ0) is 10.8. The average molecular weight is 259 g/mol. The van der Waals surface area contributed by atoms with E-state index in [1.54, 1.807) is 18.2 Å². The number of aliphatic carboxylic acids is 1. The fraction of sp³-hybridized carbons (Fsp3) is 0.300. The second kappa shape index (κ2) is 4.11. The third-order valence-corrected chi connectivity index (χ3v) is 2.39. The third-order valence-electron chi connectivity index (χ3n) is 1.90. The van der Waals surface area contributed by atoms with Gasteiger partial charge in [-0.15, -0.1) is 0 Å². The molecule has 0 aromatic heterocycles. The predicted molar refractivity (Wildman–Crippen MR) is 56.1 cm³/mol. The molecule has 4 heteroatoms. The smallest absolute Gasteiger partial charge is 0.335 e. The van der Waals surface area contributed by atoms with Crippen molar-refractivity contribution in [2.75, 3.05) is 0 Å². The molecule has 0 radical (unpaired) electrons. The molecule has 0 spiro atoms. The zero-order valence-corrected chi connectivity index (χ0v) is 9.28. The maximum Gasteiger partial charge on any atom is 0.335 e. The van der Waals surface area contributed by atoms with Crippen LogP contribution in [0.3, 0.4) is 0 Å². The highest BCUT2D eigenvalue weighted by Gasteiger charge is 2.29. The molecule has 0 fully saturated rings. The van der Waals surface area contributed by atoms with Crippen molar-refractivity contribution in [2.45, 2.75) is 18.9 Å². The van der Waals surface area contributed by atoms with Gasteiger partial charge in [0.05, 0.1) is 0 Å². The molecule has 0 aliphatic carbocycles. The minimum absolute atomic E-state index is 0.0990. The Morgan fingerprint density at radius 3 is 2.71 bits per heavy atom. The van der Waals surface area contributed by atoms with Gasteiger partial charge in [-0.05, 0) is 24.6 Å². The number of carboxylic acid groups (broad SMARTS) is 1. The predicted octanol–water partition coefficient (Wildman–Crippen LogP) is 1.83. The number of carboxylic acids is 1. The number of aliphatic hydroxyl groups is 1. The van der Waals surface area contributed by atoms with Crippen LogP contribution in [0.1, 0.15) is 12.5 Å². The molecule has 0 amide bonds. The van der Waals surface area contributed by atoms with Crippen LogP contribution in [0.2, 0.25) is 0 Å². The summed E-state index contributed by atoms with van der Waals surface area (Å²) in [6.45, 7) is 1.29. The standard InChI is InChI=1S/C10H11BrO3/c1-10(14,9(12)13)6-7-3-2-4-8(11)5-7/h2-5,14H,6H2,1H3,(H,12,13)/t10-/m1/s1. The number of rotatable bonds is 3. The molecule has 1 aromatic rings. The van der Waals surface area contributed by atoms with Crippen molar-refractivity contribution < 1.29 is 15.0 Å². The molecule has 0 saturated carbocycles. The summed E-state index contributed by atoms with van der Waals surface area (Å²) < 4.78 is 0.871. The molecule has 0 heterocycles. The third kappa shape index (κ3) is 2.82. The molecular weight excluding hydrogens is 248 g/mol. The molecular formula is C10H11BrO3. The Morgan fingerprint density at radius 2 is 2.21 bits per heavy atom. The van der Waals surface area contributed by atoms with Crippen LogP contribution in [0.25, 0.3) is 0 Å². The summed E-state index contributed by atoms with van der Waals surface area (Å²) in [5.41, 5.74) is -0.923. The van der Waals surface area contributed by atoms with Gasteiger partial charge in [0.15, 0.2) is 5.60 Å². The van der Waals surface area contributed by atoms with Gasteiger partial charge in [0.1, 0.15) is 0 Å². The minimum Gasteiger partial charge on any atom is -0.479 e. The quantitative estimate of drug-likeness (QED) is 0.870. The lowest BCUT2D eigenvalue weighted by atomic mass is 9.97. The molecule has 1 aromatic carbocycles. The van der Waals surface area contributed by atoms with E-state index in [1.807, 2.05) is 6.07 Å². The van der Waals surface area contributed by atoms with E-state index in [4.69, 9.17) is 5.11 Å². The minimum atomic E-state index is -1.71. The topological polar surface area (TPSA) is 57.5 Å².